The highest BCUT2D eigenvalue weighted by Gasteiger charge is 2.44. The minimum atomic E-state index is -0.929. The molecule has 3 rings (SSSR count). The maximum absolute atomic E-state index is 12.6. The normalized spacial score (nSPS) is 13.6. The zero-order valence-electron chi connectivity index (χ0n) is 15.3. The number of nitrogens with one attached hydrogen (secondary N) is 1. The lowest BCUT2D eigenvalue weighted by molar-refractivity contribution is -0.121. The summed E-state index contributed by atoms with van der Waals surface area (Å²) in [5.74, 6) is -1.17. The number of carbonyl (C=O) groups excluding carboxylic acids is 3. The molecule has 6 nitrogen and oxygen atoms in total. The molecule has 8 heteroatoms. The second kappa shape index (κ2) is 7.91. The molecule has 2 aromatic rings. The molecule has 0 saturated heterocycles. The molecule has 2 aromatic carbocycles. The predicted molar refractivity (Wildman–Crippen MR) is 107 cm³/mol. The van der Waals surface area contributed by atoms with Crippen LogP contribution in [0.2, 0.25) is 10.0 Å². The summed E-state index contributed by atoms with van der Waals surface area (Å²) in [4.78, 5) is 38.5. The SMILES string of the molecule is CC(C)(COCC(=O)Nc1cc(Cl)ccc1Cl)N1C(=O)c2ccccc2C1=O. The zero-order valence-corrected chi connectivity index (χ0v) is 16.8. The van der Waals surface area contributed by atoms with Gasteiger partial charge >= 0.3 is 0 Å². The number of anilines is 1. The van der Waals surface area contributed by atoms with Gasteiger partial charge in [-0.1, -0.05) is 35.3 Å². The van der Waals surface area contributed by atoms with Crippen molar-refractivity contribution in [3.8, 4) is 0 Å². The molecule has 3 amide bonds. The summed E-state index contributed by atoms with van der Waals surface area (Å²) < 4.78 is 5.48. The van der Waals surface area contributed by atoms with E-state index in [9.17, 15) is 14.4 Å². The molecule has 0 spiro atoms. The Hall–Kier alpha value is -2.41. The molecule has 1 aliphatic heterocycles. The van der Waals surface area contributed by atoms with Crippen molar-refractivity contribution in [2.24, 2.45) is 0 Å². The number of fused-ring (bicyclic) bond motifs is 1. The van der Waals surface area contributed by atoms with Crippen LogP contribution >= 0.6 is 23.2 Å². The molecule has 0 saturated carbocycles. The fourth-order valence-electron chi connectivity index (χ4n) is 2.98. The number of carbonyl (C=O) groups is 3. The summed E-state index contributed by atoms with van der Waals surface area (Å²) in [5.41, 5.74) is 0.187. The van der Waals surface area contributed by atoms with Gasteiger partial charge in [-0.3, -0.25) is 19.3 Å². The Morgan fingerprint density at radius 3 is 2.29 bits per heavy atom. The Morgan fingerprint density at radius 1 is 1.07 bits per heavy atom. The van der Waals surface area contributed by atoms with Crippen molar-refractivity contribution < 1.29 is 19.1 Å². The summed E-state index contributed by atoms with van der Waals surface area (Å²) >= 11 is 11.9. The summed E-state index contributed by atoms with van der Waals surface area (Å²) in [6, 6.07) is 11.4. The first-order chi connectivity index (χ1) is 13.2. The Morgan fingerprint density at radius 2 is 1.68 bits per heavy atom. The van der Waals surface area contributed by atoms with Crippen LogP contribution in [0.1, 0.15) is 34.6 Å². The van der Waals surface area contributed by atoms with Gasteiger partial charge in [-0.2, -0.15) is 0 Å². The van der Waals surface area contributed by atoms with Crippen LogP contribution < -0.4 is 5.32 Å². The van der Waals surface area contributed by atoms with Crippen LogP contribution in [0.5, 0.6) is 0 Å². The maximum atomic E-state index is 12.6. The molecule has 1 N–H and O–H groups in total. The number of nitrogens with zero attached hydrogens (tertiary/aromatic N) is 1. The first-order valence-corrected chi connectivity index (χ1v) is 9.27. The van der Waals surface area contributed by atoms with Gasteiger partial charge in [-0.05, 0) is 44.2 Å². The van der Waals surface area contributed by atoms with Crippen molar-refractivity contribution in [1.82, 2.24) is 4.90 Å². The van der Waals surface area contributed by atoms with Crippen molar-refractivity contribution in [1.29, 1.82) is 0 Å². The highest BCUT2D eigenvalue weighted by atomic mass is 35.5. The van der Waals surface area contributed by atoms with Crippen LogP contribution in [-0.4, -0.2) is 41.4 Å². The minimum Gasteiger partial charge on any atom is -0.369 e. The predicted octanol–water partition coefficient (Wildman–Crippen LogP) is 4.02. The molecule has 28 heavy (non-hydrogen) atoms. The molecule has 0 unspecified atom stereocenters. The highest BCUT2D eigenvalue weighted by Crippen LogP contribution is 2.29. The fraction of sp³-hybridized carbons (Fsp3) is 0.250. The molecule has 0 atom stereocenters. The topological polar surface area (TPSA) is 75.7 Å². The molecule has 0 fully saturated rings. The van der Waals surface area contributed by atoms with Crippen molar-refractivity contribution >= 4 is 46.6 Å². The second-order valence-corrected chi connectivity index (χ2v) is 7.81. The van der Waals surface area contributed by atoms with E-state index < -0.39 is 11.4 Å². The van der Waals surface area contributed by atoms with Crippen LogP contribution in [0.3, 0.4) is 0 Å². The van der Waals surface area contributed by atoms with E-state index in [1.165, 1.54) is 11.0 Å². The third-order valence-electron chi connectivity index (χ3n) is 4.29. The minimum absolute atomic E-state index is 0.00480. The number of ether oxygens (including phenoxy) is 1. The van der Waals surface area contributed by atoms with E-state index in [1.54, 1.807) is 50.2 Å². The van der Waals surface area contributed by atoms with Gasteiger partial charge in [0, 0.05) is 5.02 Å². The quantitative estimate of drug-likeness (QED) is 0.715. The highest BCUT2D eigenvalue weighted by molar-refractivity contribution is 6.35. The molecule has 0 bridgehead atoms. The number of rotatable bonds is 6. The Balaban J connectivity index is 1.60. The van der Waals surface area contributed by atoms with E-state index in [2.05, 4.69) is 5.32 Å². The van der Waals surface area contributed by atoms with E-state index in [0.717, 1.165) is 0 Å². The molecule has 0 aromatic heterocycles. The number of hydrogen-bond acceptors (Lipinski definition) is 4. The van der Waals surface area contributed by atoms with Gasteiger partial charge < -0.3 is 10.1 Å². The van der Waals surface area contributed by atoms with Crippen LogP contribution in [0.15, 0.2) is 42.5 Å². The summed E-state index contributed by atoms with van der Waals surface area (Å²) in [5, 5.41) is 3.40. The van der Waals surface area contributed by atoms with Crippen LogP contribution in [0.25, 0.3) is 0 Å². The van der Waals surface area contributed by atoms with E-state index in [0.29, 0.717) is 26.9 Å². The lowest BCUT2D eigenvalue weighted by Gasteiger charge is -2.33. The van der Waals surface area contributed by atoms with Crippen molar-refractivity contribution in [3.05, 3.63) is 63.6 Å². The number of halogens is 2. The van der Waals surface area contributed by atoms with Crippen LogP contribution in [0, 0.1) is 0 Å². The zero-order chi connectivity index (χ0) is 20.5. The average molecular weight is 421 g/mol. The number of amides is 3. The molecule has 0 aliphatic carbocycles. The standard InChI is InChI=1S/C20H18Cl2N2O4/c1-20(2,24-18(26)13-5-3-4-6-14(13)19(24)27)11-28-10-17(25)23-16-9-12(21)7-8-15(16)22/h3-9H,10-11H2,1-2H3,(H,23,25). The molecular formula is C20H18Cl2N2O4. The molecule has 1 aliphatic rings. The molecule has 1 heterocycles. The van der Waals surface area contributed by atoms with Crippen molar-refractivity contribution in [2.75, 3.05) is 18.5 Å². The lowest BCUT2D eigenvalue weighted by Crippen LogP contribution is -2.50. The smallest absolute Gasteiger partial charge is 0.262 e. The second-order valence-electron chi connectivity index (χ2n) is 6.97. The summed E-state index contributed by atoms with van der Waals surface area (Å²) in [7, 11) is 0. The Bertz CT molecular complexity index is 924. The third kappa shape index (κ3) is 4.04. The number of imide groups is 1. The fourth-order valence-corrected chi connectivity index (χ4v) is 3.31. The van der Waals surface area contributed by atoms with Crippen molar-refractivity contribution in [3.63, 3.8) is 0 Å². The van der Waals surface area contributed by atoms with E-state index >= 15 is 0 Å². The number of benzene rings is 2. The molecule has 146 valence electrons. The van der Waals surface area contributed by atoms with Crippen LogP contribution in [-0.2, 0) is 9.53 Å². The van der Waals surface area contributed by atoms with Gasteiger partial charge in [0.2, 0.25) is 5.91 Å². The average Bonchev–Trinajstić information content (AvgIpc) is 2.90. The summed E-state index contributed by atoms with van der Waals surface area (Å²) in [6.07, 6.45) is 0. The maximum Gasteiger partial charge on any atom is 0.262 e. The third-order valence-corrected chi connectivity index (χ3v) is 4.86. The lowest BCUT2D eigenvalue weighted by atomic mass is 10.0. The first-order valence-electron chi connectivity index (χ1n) is 8.51. The van der Waals surface area contributed by atoms with E-state index in [4.69, 9.17) is 27.9 Å². The monoisotopic (exact) mass is 420 g/mol. The number of hydrogen-bond donors (Lipinski definition) is 1. The Labute approximate surface area is 172 Å². The van der Waals surface area contributed by atoms with Gasteiger partial charge in [-0.15, -0.1) is 0 Å². The van der Waals surface area contributed by atoms with E-state index in [1.807, 2.05) is 0 Å². The molecule has 0 radical (unpaired) electrons. The molecular weight excluding hydrogens is 403 g/mol. The van der Waals surface area contributed by atoms with Gasteiger partial charge in [-0.25, -0.2) is 0 Å². The van der Waals surface area contributed by atoms with Crippen LogP contribution in [0.4, 0.5) is 5.69 Å². The van der Waals surface area contributed by atoms with Gasteiger partial charge in [0.1, 0.15) is 6.61 Å². The summed E-state index contributed by atoms with van der Waals surface area (Å²) in [6.45, 7) is 3.14. The van der Waals surface area contributed by atoms with Gasteiger partial charge in [0.15, 0.2) is 0 Å². The van der Waals surface area contributed by atoms with Gasteiger partial charge in [0.25, 0.3) is 11.8 Å². The van der Waals surface area contributed by atoms with Crippen molar-refractivity contribution in [2.45, 2.75) is 19.4 Å². The first kappa shape index (κ1) is 20.3. The van der Waals surface area contributed by atoms with Gasteiger partial charge in [0.05, 0.1) is 34.0 Å². The largest absolute Gasteiger partial charge is 0.369 e. The van der Waals surface area contributed by atoms with E-state index in [-0.39, 0.29) is 25.0 Å². The Kier molecular flexibility index (Phi) is 5.74.